The highest BCUT2D eigenvalue weighted by atomic mass is 35.5. The fourth-order valence-electron chi connectivity index (χ4n) is 2.13. The Bertz CT molecular complexity index is 288. The Morgan fingerprint density at radius 1 is 1.37 bits per heavy atom. The molecule has 0 aromatic heterocycles. The molecule has 0 fully saturated rings. The SMILES string of the molecule is Cl.Cl.NC1=N[C@H](CCCC[C@@H](N)C(=O)O)CCCC1. The van der Waals surface area contributed by atoms with Gasteiger partial charge in [-0.3, -0.25) is 9.79 Å². The summed E-state index contributed by atoms with van der Waals surface area (Å²) in [7, 11) is 0. The van der Waals surface area contributed by atoms with Gasteiger partial charge in [0.05, 0.1) is 11.9 Å². The molecule has 0 bridgehead atoms. The van der Waals surface area contributed by atoms with E-state index in [0.29, 0.717) is 12.5 Å². The Hall–Kier alpha value is -0.520. The molecule has 5 N–H and O–H groups in total. The number of hydrogen-bond donors (Lipinski definition) is 3. The molecule has 0 aromatic rings. The molecule has 114 valence electrons. The Labute approximate surface area is 127 Å². The number of rotatable bonds is 6. The number of nitrogens with two attached hydrogens (primary N) is 2. The topological polar surface area (TPSA) is 102 Å². The van der Waals surface area contributed by atoms with E-state index in [1.54, 1.807) is 0 Å². The smallest absolute Gasteiger partial charge is 0.320 e. The van der Waals surface area contributed by atoms with Gasteiger partial charge < -0.3 is 16.6 Å². The summed E-state index contributed by atoms with van der Waals surface area (Å²) >= 11 is 0. The summed E-state index contributed by atoms with van der Waals surface area (Å²) in [5, 5.41) is 8.64. The lowest BCUT2D eigenvalue weighted by molar-refractivity contribution is -0.138. The molecule has 0 unspecified atom stereocenters. The molecular formula is C12H25Cl2N3O2. The van der Waals surface area contributed by atoms with Crippen LogP contribution in [0.1, 0.15) is 51.4 Å². The number of hydrogen-bond acceptors (Lipinski definition) is 4. The van der Waals surface area contributed by atoms with Crippen LogP contribution in [0.25, 0.3) is 0 Å². The van der Waals surface area contributed by atoms with Crippen molar-refractivity contribution < 1.29 is 9.90 Å². The molecule has 1 aliphatic heterocycles. The number of carboxylic acids is 1. The van der Waals surface area contributed by atoms with Gasteiger partial charge in [-0.15, -0.1) is 24.8 Å². The van der Waals surface area contributed by atoms with Crippen molar-refractivity contribution in [3.8, 4) is 0 Å². The molecule has 1 heterocycles. The minimum absolute atomic E-state index is 0. The van der Waals surface area contributed by atoms with Gasteiger partial charge in [0, 0.05) is 6.42 Å². The number of aliphatic carboxylic acids is 1. The van der Waals surface area contributed by atoms with Crippen LogP contribution in [0.3, 0.4) is 0 Å². The first kappa shape index (κ1) is 20.8. The summed E-state index contributed by atoms with van der Waals surface area (Å²) in [6.45, 7) is 0. The second-order valence-corrected chi connectivity index (χ2v) is 4.75. The molecule has 19 heavy (non-hydrogen) atoms. The van der Waals surface area contributed by atoms with E-state index in [4.69, 9.17) is 16.6 Å². The Kier molecular flexibility index (Phi) is 12.4. The van der Waals surface area contributed by atoms with Crippen molar-refractivity contribution in [3.63, 3.8) is 0 Å². The standard InChI is InChI=1S/C12H23N3O2.2ClH/c13-10(12(16)17)7-3-1-5-9-6-2-4-8-11(14)15-9;;/h9-10H,1-8,13H2,(H2,14,15)(H,16,17);2*1H/t9-,10-;;/m1../s1. The van der Waals surface area contributed by atoms with Gasteiger partial charge in [0.25, 0.3) is 0 Å². The summed E-state index contributed by atoms with van der Waals surface area (Å²) < 4.78 is 0. The number of halogens is 2. The third-order valence-electron chi connectivity index (χ3n) is 3.19. The molecule has 0 aliphatic carbocycles. The van der Waals surface area contributed by atoms with E-state index in [2.05, 4.69) is 4.99 Å². The molecule has 0 aromatic carbocycles. The lowest BCUT2D eigenvalue weighted by atomic mass is 10.0. The molecule has 0 radical (unpaired) electrons. The van der Waals surface area contributed by atoms with E-state index in [9.17, 15) is 4.79 Å². The van der Waals surface area contributed by atoms with Gasteiger partial charge in [0.2, 0.25) is 0 Å². The third-order valence-corrected chi connectivity index (χ3v) is 3.19. The highest BCUT2D eigenvalue weighted by molar-refractivity contribution is 5.85. The zero-order valence-electron chi connectivity index (χ0n) is 11.1. The lowest BCUT2D eigenvalue weighted by Crippen LogP contribution is -2.29. The first-order valence-electron chi connectivity index (χ1n) is 6.40. The second kappa shape index (κ2) is 11.3. The van der Waals surface area contributed by atoms with Crippen LogP contribution in [0, 0.1) is 0 Å². The minimum atomic E-state index is -0.915. The molecule has 2 atom stereocenters. The molecule has 7 heteroatoms. The number of amidine groups is 1. The van der Waals surface area contributed by atoms with Crippen LogP contribution in [0.15, 0.2) is 4.99 Å². The van der Waals surface area contributed by atoms with E-state index < -0.39 is 12.0 Å². The molecule has 1 aliphatic rings. The van der Waals surface area contributed by atoms with Crippen molar-refractivity contribution in [2.24, 2.45) is 16.5 Å². The van der Waals surface area contributed by atoms with Crippen molar-refractivity contribution >= 4 is 36.6 Å². The van der Waals surface area contributed by atoms with Crippen LogP contribution in [-0.2, 0) is 4.79 Å². The quantitative estimate of drug-likeness (QED) is 0.653. The zero-order chi connectivity index (χ0) is 12.7. The van der Waals surface area contributed by atoms with Crippen molar-refractivity contribution in [2.75, 3.05) is 0 Å². The van der Waals surface area contributed by atoms with Gasteiger partial charge in [-0.05, 0) is 25.7 Å². The summed E-state index contributed by atoms with van der Waals surface area (Å²) in [4.78, 5) is 15.0. The van der Waals surface area contributed by atoms with Crippen LogP contribution < -0.4 is 11.5 Å². The predicted octanol–water partition coefficient (Wildman–Crippen LogP) is 2.10. The average molecular weight is 314 g/mol. The van der Waals surface area contributed by atoms with E-state index in [1.165, 1.54) is 6.42 Å². The largest absolute Gasteiger partial charge is 0.480 e. The fraction of sp³-hybridized carbons (Fsp3) is 0.833. The monoisotopic (exact) mass is 313 g/mol. The highest BCUT2D eigenvalue weighted by Gasteiger charge is 2.13. The minimum Gasteiger partial charge on any atom is -0.480 e. The van der Waals surface area contributed by atoms with Crippen molar-refractivity contribution in [2.45, 2.75) is 63.5 Å². The lowest BCUT2D eigenvalue weighted by Gasteiger charge is -2.11. The Morgan fingerprint density at radius 3 is 2.68 bits per heavy atom. The van der Waals surface area contributed by atoms with Crippen LogP contribution in [0.2, 0.25) is 0 Å². The normalized spacial score (nSPS) is 20.3. The van der Waals surface area contributed by atoms with Gasteiger partial charge >= 0.3 is 5.97 Å². The van der Waals surface area contributed by atoms with Crippen LogP contribution >= 0.6 is 24.8 Å². The summed E-state index contributed by atoms with van der Waals surface area (Å²) in [5.41, 5.74) is 11.2. The van der Waals surface area contributed by atoms with Crippen LogP contribution in [-0.4, -0.2) is 29.0 Å². The summed E-state index contributed by atoms with van der Waals surface area (Å²) in [6.07, 6.45) is 7.70. The zero-order valence-corrected chi connectivity index (χ0v) is 12.7. The van der Waals surface area contributed by atoms with Crippen LogP contribution in [0.4, 0.5) is 0 Å². The molecule has 0 saturated carbocycles. The number of nitrogens with zero attached hydrogens (tertiary/aromatic N) is 1. The highest BCUT2D eigenvalue weighted by Crippen LogP contribution is 2.17. The number of aliphatic imine (C=N–C) groups is 1. The van der Waals surface area contributed by atoms with Gasteiger partial charge in [0.1, 0.15) is 6.04 Å². The maximum atomic E-state index is 10.5. The van der Waals surface area contributed by atoms with Crippen molar-refractivity contribution in [1.82, 2.24) is 0 Å². The number of carboxylic acid groups (broad SMARTS) is 1. The Morgan fingerprint density at radius 2 is 2.05 bits per heavy atom. The van der Waals surface area contributed by atoms with E-state index in [0.717, 1.165) is 44.4 Å². The van der Waals surface area contributed by atoms with Crippen molar-refractivity contribution in [1.29, 1.82) is 0 Å². The van der Waals surface area contributed by atoms with Crippen LogP contribution in [0.5, 0.6) is 0 Å². The predicted molar refractivity (Wildman–Crippen MR) is 82.5 cm³/mol. The molecule has 1 rings (SSSR count). The molecule has 0 amide bonds. The molecular weight excluding hydrogens is 289 g/mol. The maximum Gasteiger partial charge on any atom is 0.320 e. The number of carbonyl (C=O) groups is 1. The van der Waals surface area contributed by atoms with Gasteiger partial charge in [0.15, 0.2) is 0 Å². The molecule has 5 nitrogen and oxygen atoms in total. The van der Waals surface area contributed by atoms with Crippen molar-refractivity contribution in [3.05, 3.63) is 0 Å². The fourth-order valence-corrected chi connectivity index (χ4v) is 2.13. The van der Waals surface area contributed by atoms with Gasteiger partial charge in [-0.2, -0.15) is 0 Å². The third kappa shape index (κ3) is 9.08. The van der Waals surface area contributed by atoms with Gasteiger partial charge in [-0.25, -0.2) is 0 Å². The van der Waals surface area contributed by atoms with E-state index in [1.807, 2.05) is 0 Å². The summed E-state index contributed by atoms with van der Waals surface area (Å²) in [5.74, 6) is -0.142. The average Bonchev–Trinajstić information content (AvgIpc) is 2.48. The van der Waals surface area contributed by atoms with E-state index in [-0.39, 0.29) is 24.8 Å². The molecule has 0 saturated heterocycles. The van der Waals surface area contributed by atoms with Gasteiger partial charge in [-0.1, -0.05) is 19.3 Å². The first-order chi connectivity index (χ1) is 8.09. The summed E-state index contributed by atoms with van der Waals surface area (Å²) in [6, 6.07) is -0.392. The first-order valence-corrected chi connectivity index (χ1v) is 6.40. The maximum absolute atomic E-state index is 10.5. The van der Waals surface area contributed by atoms with E-state index >= 15 is 0 Å². The Balaban J connectivity index is 0. The number of unbranched alkanes of at least 4 members (excludes halogenated alkanes) is 1. The second-order valence-electron chi connectivity index (χ2n) is 4.75. The molecule has 0 spiro atoms.